The fourth-order valence-corrected chi connectivity index (χ4v) is 1.85. The van der Waals surface area contributed by atoms with E-state index in [4.69, 9.17) is 14.2 Å². The second kappa shape index (κ2) is 5.21. The maximum Gasteiger partial charge on any atom is 0.345 e. The summed E-state index contributed by atoms with van der Waals surface area (Å²) >= 11 is 1.27. The molecule has 0 spiro atoms. The van der Waals surface area contributed by atoms with Crippen LogP contribution >= 0.6 is 11.8 Å². The number of hydrogen-bond donors (Lipinski definition) is 0. The minimum atomic E-state index is -0.667. The zero-order valence-electron chi connectivity index (χ0n) is 8.02. The van der Waals surface area contributed by atoms with Crippen LogP contribution in [0.5, 0.6) is 0 Å². The van der Waals surface area contributed by atoms with E-state index in [-0.39, 0.29) is 0 Å². The van der Waals surface area contributed by atoms with Crippen LogP contribution in [0.4, 0.5) is 0 Å². The Labute approximate surface area is 86.1 Å². The molecule has 0 aliphatic carbocycles. The van der Waals surface area contributed by atoms with Crippen molar-refractivity contribution in [2.24, 2.45) is 0 Å². The van der Waals surface area contributed by atoms with E-state index in [0.717, 1.165) is 0 Å². The molecule has 1 rings (SSSR count). The summed E-state index contributed by atoms with van der Waals surface area (Å²) in [6, 6.07) is 0. The van der Waals surface area contributed by atoms with Gasteiger partial charge in [0.05, 0.1) is 12.4 Å². The largest absolute Gasteiger partial charge is 0.463 e. The second-order valence-electron chi connectivity index (χ2n) is 2.59. The van der Waals surface area contributed by atoms with Crippen molar-refractivity contribution in [3.63, 3.8) is 0 Å². The Bertz CT molecular complexity index is 230. The maximum atomic E-state index is 11.2. The van der Waals surface area contributed by atoms with Gasteiger partial charge in [-0.2, -0.15) is 0 Å². The van der Waals surface area contributed by atoms with Crippen molar-refractivity contribution >= 4 is 23.7 Å². The molecule has 1 heterocycles. The lowest BCUT2D eigenvalue weighted by Gasteiger charge is -2.10. The van der Waals surface area contributed by atoms with E-state index in [0.29, 0.717) is 12.4 Å². The number of esters is 2. The van der Waals surface area contributed by atoms with Gasteiger partial charge in [0, 0.05) is 6.92 Å². The first kappa shape index (κ1) is 11.3. The highest BCUT2D eigenvalue weighted by molar-refractivity contribution is 8.00. The SMILES string of the molecule is CCOC(=O)C1OC(OC(C)=O)CS1. The van der Waals surface area contributed by atoms with E-state index in [1.54, 1.807) is 6.92 Å². The van der Waals surface area contributed by atoms with Gasteiger partial charge in [-0.25, -0.2) is 4.79 Å². The van der Waals surface area contributed by atoms with Crippen molar-refractivity contribution in [2.75, 3.05) is 12.4 Å². The minimum absolute atomic E-state index is 0.317. The first-order chi connectivity index (χ1) is 6.63. The summed E-state index contributed by atoms with van der Waals surface area (Å²) in [5.41, 5.74) is -0.667. The second-order valence-corrected chi connectivity index (χ2v) is 3.69. The van der Waals surface area contributed by atoms with E-state index in [9.17, 15) is 9.59 Å². The van der Waals surface area contributed by atoms with Crippen LogP contribution < -0.4 is 0 Å². The Morgan fingerprint density at radius 1 is 1.57 bits per heavy atom. The maximum absolute atomic E-state index is 11.2. The van der Waals surface area contributed by atoms with Crippen molar-refractivity contribution < 1.29 is 23.8 Å². The average Bonchev–Trinajstić information content (AvgIpc) is 2.52. The summed E-state index contributed by atoms with van der Waals surface area (Å²) in [7, 11) is 0. The summed E-state index contributed by atoms with van der Waals surface area (Å²) in [4.78, 5) is 21.7. The molecule has 0 bridgehead atoms. The fourth-order valence-electron chi connectivity index (χ4n) is 0.963. The third-order valence-corrected chi connectivity index (χ3v) is 2.51. The number of ether oxygens (including phenoxy) is 3. The van der Waals surface area contributed by atoms with Crippen LogP contribution in [-0.2, 0) is 23.8 Å². The monoisotopic (exact) mass is 220 g/mol. The third-order valence-electron chi connectivity index (χ3n) is 1.44. The van der Waals surface area contributed by atoms with Gasteiger partial charge >= 0.3 is 11.9 Å². The molecule has 0 aromatic heterocycles. The quantitative estimate of drug-likeness (QED) is 0.646. The van der Waals surface area contributed by atoms with E-state index in [2.05, 4.69) is 0 Å². The summed E-state index contributed by atoms with van der Waals surface area (Å²) in [5.74, 6) is -0.379. The van der Waals surface area contributed by atoms with Gasteiger partial charge in [-0.15, -0.1) is 11.8 Å². The summed E-state index contributed by atoms with van der Waals surface area (Å²) < 4.78 is 14.7. The van der Waals surface area contributed by atoms with Crippen LogP contribution in [0.25, 0.3) is 0 Å². The van der Waals surface area contributed by atoms with E-state index in [1.807, 2.05) is 0 Å². The number of hydrogen-bond acceptors (Lipinski definition) is 6. The predicted octanol–water partition coefficient (Wildman–Crippen LogP) is 0.528. The fraction of sp³-hybridized carbons (Fsp3) is 0.750. The van der Waals surface area contributed by atoms with Crippen molar-refractivity contribution in [1.82, 2.24) is 0 Å². The van der Waals surface area contributed by atoms with Gasteiger partial charge in [0.1, 0.15) is 0 Å². The standard InChI is InChI=1S/C8H12O5S/c1-3-11-7(10)8-13-6(4-14-8)12-5(2)9/h6,8H,3-4H2,1-2H3. The molecule has 6 heteroatoms. The molecule has 0 aromatic carbocycles. The Kier molecular flexibility index (Phi) is 4.21. The number of carbonyl (C=O) groups excluding carboxylic acids is 2. The molecule has 14 heavy (non-hydrogen) atoms. The molecule has 2 unspecified atom stereocenters. The van der Waals surface area contributed by atoms with Gasteiger partial charge in [-0.05, 0) is 6.92 Å². The Morgan fingerprint density at radius 2 is 2.29 bits per heavy atom. The first-order valence-corrected chi connectivity index (χ1v) is 5.29. The van der Waals surface area contributed by atoms with Crippen LogP contribution in [0.15, 0.2) is 0 Å². The lowest BCUT2D eigenvalue weighted by molar-refractivity contribution is -0.179. The molecule has 0 amide bonds. The smallest absolute Gasteiger partial charge is 0.345 e. The molecule has 1 aliphatic heterocycles. The normalized spacial score (nSPS) is 25.9. The highest BCUT2D eigenvalue weighted by Gasteiger charge is 2.34. The Balaban J connectivity index is 2.33. The molecule has 0 N–H and O–H groups in total. The van der Waals surface area contributed by atoms with Crippen LogP contribution in [0.1, 0.15) is 13.8 Å². The number of rotatable bonds is 3. The molecule has 1 fully saturated rings. The Hall–Kier alpha value is -0.750. The van der Waals surface area contributed by atoms with Crippen molar-refractivity contribution in [3.05, 3.63) is 0 Å². The highest BCUT2D eigenvalue weighted by atomic mass is 32.2. The van der Waals surface area contributed by atoms with Crippen molar-refractivity contribution in [2.45, 2.75) is 25.6 Å². The van der Waals surface area contributed by atoms with Gasteiger partial charge < -0.3 is 14.2 Å². The Morgan fingerprint density at radius 3 is 2.86 bits per heavy atom. The van der Waals surface area contributed by atoms with E-state index < -0.39 is 23.7 Å². The third kappa shape index (κ3) is 3.19. The topological polar surface area (TPSA) is 61.8 Å². The average molecular weight is 220 g/mol. The van der Waals surface area contributed by atoms with Gasteiger partial charge in [-0.1, -0.05) is 0 Å². The van der Waals surface area contributed by atoms with Gasteiger partial charge in [0.25, 0.3) is 0 Å². The van der Waals surface area contributed by atoms with Crippen molar-refractivity contribution in [3.8, 4) is 0 Å². The molecule has 0 saturated carbocycles. The van der Waals surface area contributed by atoms with Gasteiger partial charge in [-0.3, -0.25) is 4.79 Å². The minimum Gasteiger partial charge on any atom is -0.463 e. The molecular weight excluding hydrogens is 208 g/mol. The molecule has 1 saturated heterocycles. The van der Waals surface area contributed by atoms with Gasteiger partial charge in [0.2, 0.25) is 11.7 Å². The van der Waals surface area contributed by atoms with Gasteiger partial charge in [0.15, 0.2) is 0 Å². The molecule has 0 radical (unpaired) electrons. The van der Waals surface area contributed by atoms with Crippen molar-refractivity contribution in [1.29, 1.82) is 0 Å². The van der Waals surface area contributed by atoms with E-state index >= 15 is 0 Å². The lowest BCUT2D eigenvalue weighted by Crippen LogP contribution is -2.24. The summed E-state index contributed by atoms with van der Waals surface area (Å²) in [6.07, 6.45) is -0.632. The summed E-state index contributed by atoms with van der Waals surface area (Å²) in [5, 5.41) is 0. The zero-order valence-corrected chi connectivity index (χ0v) is 8.83. The zero-order chi connectivity index (χ0) is 10.6. The number of carbonyl (C=O) groups is 2. The molecule has 80 valence electrons. The van der Waals surface area contributed by atoms with Crippen LogP contribution in [0.3, 0.4) is 0 Å². The first-order valence-electron chi connectivity index (χ1n) is 4.24. The number of thioether (sulfide) groups is 1. The molecule has 5 nitrogen and oxygen atoms in total. The predicted molar refractivity (Wildman–Crippen MR) is 49.5 cm³/mol. The molecule has 2 atom stereocenters. The van der Waals surface area contributed by atoms with E-state index in [1.165, 1.54) is 18.7 Å². The molecule has 1 aliphatic rings. The highest BCUT2D eigenvalue weighted by Crippen LogP contribution is 2.26. The van der Waals surface area contributed by atoms with Crippen LogP contribution in [0, 0.1) is 0 Å². The summed E-state index contributed by atoms with van der Waals surface area (Å²) in [6.45, 7) is 3.34. The molecular formula is C8H12O5S. The lowest BCUT2D eigenvalue weighted by atomic mass is 10.6. The molecule has 0 aromatic rings. The van der Waals surface area contributed by atoms with Crippen LogP contribution in [0.2, 0.25) is 0 Å². The van der Waals surface area contributed by atoms with Crippen LogP contribution in [-0.4, -0.2) is 36.0 Å².